The Morgan fingerprint density at radius 3 is 2.60 bits per heavy atom. The minimum Gasteiger partial charge on any atom is -0.480 e. The molecule has 0 aliphatic carbocycles. The van der Waals surface area contributed by atoms with E-state index in [0.717, 1.165) is 4.90 Å². The molecule has 1 N–H and O–H groups in total. The molecule has 15 heavy (non-hydrogen) atoms. The number of nitriles is 1. The van der Waals surface area contributed by atoms with Crippen LogP contribution in [-0.4, -0.2) is 40.9 Å². The van der Waals surface area contributed by atoms with Gasteiger partial charge in [0.05, 0.1) is 12.5 Å². The third kappa shape index (κ3) is 6.75. The number of carbonyl (C=O) groups is 2. The van der Waals surface area contributed by atoms with Crippen LogP contribution < -0.4 is 0 Å². The smallest absolute Gasteiger partial charge is 0.323 e. The summed E-state index contributed by atoms with van der Waals surface area (Å²) in [5.74, 6) is -0.981. The molecule has 84 valence electrons. The van der Waals surface area contributed by atoms with Gasteiger partial charge in [0.1, 0.15) is 6.54 Å². The Labute approximate surface area is 93.2 Å². The lowest BCUT2D eigenvalue weighted by molar-refractivity contribution is -0.144. The second-order valence-corrected chi connectivity index (χ2v) is 3.29. The summed E-state index contributed by atoms with van der Waals surface area (Å²) in [6, 6.07) is 1.87. The molecule has 0 bridgehead atoms. The molecule has 6 heteroatoms. The fourth-order valence-corrected chi connectivity index (χ4v) is 1.15. The van der Waals surface area contributed by atoms with Crippen LogP contribution in [0, 0.1) is 11.3 Å². The summed E-state index contributed by atoms with van der Waals surface area (Å²) in [6.07, 6.45) is 0.880. The Kier molecular flexibility index (Phi) is 7.38. The van der Waals surface area contributed by atoms with Gasteiger partial charge in [-0.25, -0.2) is 0 Å². The molecule has 0 fully saturated rings. The van der Waals surface area contributed by atoms with Crippen LogP contribution in [-0.2, 0) is 9.59 Å². The molecule has 0 rings (SSSR count). The predicted octanol–water partition coefficient (Wildman–Crippen LogP) is 0.832. The molecule has 0 heterocycles. The zero-order chi connectivity index (χ0) is 11.7. The van der Waals surface area contributed by atoms with Crippen LogP contribution in [0.1, 0.15) is 19.3 Å². The van der Waals surface area contributed by atoms with Gasteiger partial charge in [0.15, 0.2) is 0 Å². The van der Waals surface area contributed by atoms with Crippen LogP contribution in [0.25, 0.3) is 0 Å². The third-order valence-corrected chi connectivity index (χ3v) is 1.96. The molecular weight excluding hydrogens is 220 g/mol. The molecule has 0 aliphatic rings. The number of alkyl halides is 1. The minimum absolute atomic E-state index is 0.139. The van der Waals surface area contributed by atoms with Gasteiger partial charge in [-0.3, -0.25) is 9.59 Å². The highest BCUT2D eigenvalue weighted by molar-refractivity contribution is 6.17. The first-order chi connectivity index (χ1) is 7.11. The van der Waals surface area contributed by atoms with Crippen molar-refractivity contribution in [1.29, 1.82) is 5.26 Å². The fraction of sp³-hybridized carbons (Fsp3) is 0.667. The zero-order valence-electron chi connectivity index (χ0n) is 8.28. The second-order valence-electron chi connectivity index (χ2n) is 2.91. The van der Waals surface area contributed by atoms with Crippen molar-refractivity contribution in [3.63, 3.8) is 0 Å². The van der Waals surface area contributed by atoms with Gasteiger partial charge < -0.3 is 10.0 Å². The number of carboxylic acids is 1. The van der Waals surface area contributed by atoms with E-state index in [9.17, 15) is 9.59 Å². The lowest BCUT2D eigenvalue weighted by atomic mass is 10.3. The molecule has 0 saturated heterocycles. The topological polar surface area (TPSA) is 81.4 Å². The number of amides is 1. The van der Waals surface area contributed by atoms with Crippen molar-refractivity contribution in [2.75, 3.05) is 19.0 Å². The quantitative estimate of drug-likeness (QED) is 0.660. The summed E-state index contributed by atoms with van der Waals surface area (Å²) in [5.41, 5.74) is 0. The van der Waals surface area contributed by atoms with Gasteiger partial charge in [-0.2, -0.15) is 5.26 Å². The molecule has 0 atom stereocenters. The van der Waals surface area contributed by atoms with Gasteiger partial charge in [0, 0.05) is 18.8 Å². The summed E-state index contributed by atoms with van der Waals surface area (Å²) < 4.78 is 0. The minimum atomic E-state index is -1.08. The molecule has 5 nitrogen and oxygen atoms in total. The number of carboxylic acid groups (broad SMARTS) is 1. The average Bonchev–Trinajstić information content (AvgIpc) is 2.20. The van der Waals surface area contributed by atoms with Crippen molar-refractivity contribution in [1.82, 2.24) is 4.90 Å². The fourth-order valence-electron chi connectivity index (χ4n) is 1.02. The van der Waals surface area contributed by atoms with E-state index in [4.69, 9.17) is 22.0 Å². The monoisotopic (exact) mass is 232 g/mol. The zero-order valence-corrected chi connectivity index (χ0v) is 9.03. The maximum Gasteiger partial charge on any atom is 0.323 e. The van der Waals surface area contributed by atoms with Crippen LogP contribution >= 0.6 is 11.6 Å². The van der Waals surface area contributed by atoms with Crippen LogP contribution in [0.4, 0.5) is 0 Å². The van der Waals surface area contributed by atoms with E-state index in [2.05, 4.69) is 0 Å². The molecule has 0 spiro atoms. The number of nitrogens with zero attached hydrogens (tertiary/aromatic N) is 2. The summed E-state index contributed by atoms with van der Waals surface area (Å²) in [6.45, 7) is -0.202. The third-order valence-electron chi connectivity index (χ3n) is 1.70. The van der Waals surface area contributed by atoms with E-state index >= 15 is 0 Å². The van der Waals surface area contributed by atoms with E-state index in [1.165, 1.54) is 0 Å². The van der Waals surface area contributed by atoms with Crippen molar-refractivity contribution in [3.8, 4) is 6.07 Å². The van der Waals surface area contributed by atoms with Gasteiger partial charge in [0.2, 0.25) is 5.91 Å². The van der Waals surface area contributed by atoms with E-state index in [-0.39, 0.29) is 31.8 Å². The van der Waals surface area contributed by atoms with E-state index in [0.29, 0.717) is 12.3 Å². The summed E-state index contributed by atoms with van der Waals surface area (Å²) in [5, 5.41) is 16.9. The SMILES string of the molecule is N#CCCN(CC(=O)O)C(=O)CCCCl. The van der Waals surface area contributed by atoms with Gasteiger partial charge in [-0.15, -0.1) is 11.6 Å². The number of carbonyl (C=O) groups excluding carboxylic acids is 1. The highest BCUT2D eigenvalue weighted by Gasteiger charge is 2.15. The first-order valence-electron chi connectivity index (χ1n) is 4.54. The molecule has 0 unspecified atom stereocenters. The van der Waals surface area contributed by atoms with E-state index in [1.807, 2.05) is 6.07 Å². The molecule has 0 saturated carbocycles. The first kappa shape index (κ1) is 13.7. The second kappa shape index (κ2) is 8.06. The van der Waals surface area contributed by atoms with Crippen molar-refractivity contribution < 1.29 is 14.7 Å². The van der Waals surface area contributed by atoms with Crippen LogP contribution in [0.5, 0.6) is 0 Å². The Morgan fingerprint density at radius 1 is 1.47 bits per heavy atom. The highest BCUT2D eigenvalue weighted by atomic mass is 35.5. The Balaban J connectivity index is 4.15. The van der Waals surface area contributed by atoms with Crippen molar-refractivity contribution in [3.05, 3.63) is 0 Å². The molecular formula is C9H13ClN2O3. The number of rotatable bonds is 7. The van der Waals surface area contributed by atoms with Crippen molar-refractivity contribution in [2.24, 2.45) is 0 Å². The Hall–Kier alpha value is -1.28. The number of hydrogen-bond acceptors (Lipinski definition) is 3. The number of halogens is 1. The van der Waals surface area contributed by atoms with Crippen LogP contribution in [0.2, 0.25) is 0 Å². The summed E-state index contributed by atoms with van der Waals surface area (Å²) in [4.78, 5) is 23.1. The maximum absolute atomic E-state index is 11.4. The molecule has 0 radical (unpaired) electrons. The summed E-state index contributed by atoms with van der Waals surface area (Å²) in [7, 11) is 0. The Morgan fingerprint density at radius 2 is 2.13 bits per heavy atom. The molecule has 0 aliphatic heterocycles. The largest absolute Gasteiger partial charge is 0.480 e. The van der Waals surface area contributed by atoms with Gasteiger partial charge in [0.25, 0.3) is 0 Å². The van der Waals surface area contributed by atoms with Gasteiger partial charge >= 0.3 is 5.97 Å². The van der Waals surface area contributed by atoms with E-state index in [1.54, 1.807) is 0 Å². The Bertz CT molecular complexity index is 263. The molecule has 0 aromatic heterocycles. The first-order valence-corrected chi connectivity index (χ1v) is 5.07. The van der Waals surface area contributed by atoms with Gasteiger partial charge in [-0.1, -0.05) is 0 Å². The summed E-state index contributed by atoms with van der Waals surface area (Å²) >= 11 is 5.42. The van der Waals surface area contributed by atoms with Gasteiger partial charge in [-0.05, 0) is 6.42 Å². The highest BCUT2D eigenvalue weighted by Crippen LogP contribution is 2.00. The molecule has 0 aromatic carbocycles. The van der Waals surface area contributed by atoms with E-state index < -0.39 is 5.97 Å². The van der Waals surface area contributed by atoms with Crippen LogP contribution in [0.15, 0.2) is 0 Å². The predicted molar refractivity (Wildman–Crippen MR) is 54.4 cm³/mol. The lowest BCUT2D eigenvalue weighted by Gasteiger charge is -2.18. The standard InChI is InChI=1S/C9H13ClN2O3/c10-4-1-3-8(13)12(6-2-5-11)7-9(14)15/h1-4,6-7H2,(H,14,15). The number of hydrogen-bond donors (Lipinski definition) is 1. The molecule has 0 aromatic rings. The average molecular weight is 233 g/mol. The lowest BCUT2D eigenvalue weighted by Crippen LogP contribution is -2.36. The normalized spacial score (nSPS) is 9.33. The molecule has 1 amide bonds. The number of aliphatic carboxylic acids is 1. The maximum atomic E-state index is 11.4. The van der Waals surface area contributed by atoms with Crippen LogP contribution in [0.3, 0.4) is 0 Å². The van der Waals surface area contributed by atoms with Crippen molar-refractivity contribution in [2.45, 2.75) is 19.3 Å². The van der Waals surface area contributed by atoms with Crippen molar-refractivity contribution >= 4 is 23.5 Å².